The van der Waals surface area contributed by atoms with Crippen LogP contribution in [0, 0.1) is 0 Å². The van der Waals surface area contributed by atoms with E-state index in [9.17, 15) is 0 Å². The van der Waals surface area contributed by atoms with Gasteiger partial charge in [-0.25, -0.2) is 0 Å². The fraction of sp³-hybridized carbons (Fsp3) is 0.0476. The van der Waals surface area contributed by atoms with Crippen molar-refractivity contribution < 1.29 is 4.42 Å². The van der Waals surface area contributed by atoms with Gasteiger partial charge in [-0.2, -0.15) is 0 Å². The summed E-state index contributed by atoms with van der Waals surface area (Å²) in [6.45, 7) is 0. The van der Waals surface area contributed by atoms with Crippen molar-refractivity contribution in [3.8, 4) is 22.3 Å². The van der Waals surface area contributed by atoms with E-state index in [1.165, 1.54) is 38.8 Å². The van der Waals surface area contributed by atoms with Gasteiger partial charge in [0, 0.05) is 33.9 Å². The lowest BCUT2D eigenvalue weighted by Gasteiger charge is -2.27. The van der Waals surface area contributed by atoms with Crippen molar-refractivity contribution in [1.82, 2.24) is 0 Å². The largest absolute Gasteiger partial charge is 0.456 e. The third kappa shape index (κ3) is 4.91. The first kappa shape index (κ1) is 26.1. The zero-order chi connectivity index (χ0) is 29.3. The van der Waals surface area contributed by atoms with E-state index in [0.29, 0.717) is 5.92 Å². The van der Waals surface area contributed by atoms with Gasteiger partial charge in [0.25, 0.3) is 0 Å². The van der Waals surface area contributed by atoms with E-state index >= 15 is 0 Å². The number of allylic oxidation sites excluding steroid dienone is 1. The van der Waals surface area contributed by atoms with Crippen molar-refractivity contribution >= 4 is 34.1 Å². The van der Waals surface area contributed by atoms with E-state index < -0.39 is 0 Å². The van der Waals surface area contributed by atoms with Gasteiger partial charge >= 0.3 is 0 Å². The Morgan fingerprint density at radius 3 is 1.52 bits per heavy atom. The van der Waals surface area contributed by atoms with Crippen LogP contribution in [0.2, 0.25) is 0 Å². The molecule has 2 nitrogen and oxygen atoms in total. The molecule has 0 spiro atoms. The highest BCUT2D eigenvalue weighted by Gasteiger charge is 2.22. The smallest absolute Gasteiger partial charge is 0.135 e. The number of fused-ring (bicyclic) bond motifs is 3. The predicted octanol–water partition coefficient (Wildman–Crippen LogP) is 11.6. The van der Waals surface area contributed by atoms with Crippen molar-refractivity contribution in [2.24, 2.45) is 0 Å². The maximum absolute atomic E-state index is 6.10. The van der Waals surface area contributed by atoms with Gasteiger partial charge in [-0.15, -0.1) is 0 Å². The van der Waals surface area contributed by atoms with Gasteiger partial charge in [0.15, 0.2) is 0 Å². The van der Waals surface area contributed by atoms with E-state index in [-0.39, 0.29) is 0 Å². The first-order chi connectivity index (χ1) is 21.8. The zero-order valence-corrected chi connectivity index (χ0v) is 24.3. The first-order valence-electron chi connectivity index (χ1n) is 15.2. The number of hydrogen-bond donors (Lipinski definition) is 0. The second-order valence-electron chi connectivity index (χ2n) is 11.4. The molecule has 1 aliphatic carbocycles. The van der Waals surface area contributed by atoms with Crippen LogP contribution in [0.5, 0.6) is 0 Å². The molecule has 8 rings (SSSR count). The number of anilines is 3. The van der Waals surface area contributed by atoms with E-state index in [1.54, 1.807) is 0 Å². The second-order valence-corrected chi connectivity index (χ2v) is 11.4. The highest BCUT2D eigenvalue weighted by Crippen LogP contribution is 2.40. The van der Waals surface area contributed by atoms with Crippen LogP contribution in [0.4, 0.5) is 17.1 Å². The summed E-state index contributed by atoms with van der Waals surface area (Å²) in [5.41, 5.74) is 11.8. The molecule has 7 aromatic rings. The number of nitrogens with zero attached hydrogens (tertiary/aromatic N) is 1. The van der Waals surface area contributed by atoms with Crippen LogP contribution in [0.15, 0.2) is 168 Å². The normalized spacial score (nSPS) is 14.0. The quantitative estimate of drug-likeness (QED) is 0.199. The molecule has 2 heteroatoms. The van der Waals surface area contributed by atoms with Gasteiger partial charge in [-0.3, -0.25) is 0 Å². The van der Waals surface area contributed by atoms with E-state index in [2.05, 4.69) is 169 Å². The van der Waals surface area contributed by atoms with E-state index in [0.717, 1.165) is 34.8 Å². The van der Waals surface area contributed by atoms with Crippen molar-refractivity contribution in [1.29, 1.82) is 0 Å². The molecule has 6 aromatic carbocycles. The molecule has 1 heterocycles. The molecule has 0 bridgehead atoms. The van der Waals surface area contributed by atoms with Crippen LogP contribution in [-0.4, -0.2) is 0 Å². The number of rotatable bonds is 6. The summed E-state index contributed by atoms with van der Waals surface area (Å²) < 4.78 is 6.10. The highest BCUT2D eigenvalue weighted by molar-refractivity contribution is 5.86. The molecule has 1 aliphatic rings. The molecular formula is C42H31NO. The van der Waals surface area contributed by atoms with Gasteiger partial charge in [-0.1, -0.05) is 121 Å². The Labute approximate surface area is 258 Å². The average molecular weight is 566 g/mol. The second kappa shape index (κ2) is 11.2. The molecule has 0 N–H and O–H groups in total. The molecule has 1 atom stereocenters. The fourth-order valence-corrected chi connectivity index (χ4v) is 6.37. The molecule has 1 aromatic heterocycles. The molecule has 0 radical (unpaired) electrons. The highest BCUT2D eigenvalue weighted by atomic mass is 16.3. The summed E-state index contributed by atoms with van der Waals surface area (Å²) in [6.07, 6.45) is 5.36. The van der Waals surface area contributed by atoms with Gasteiger partial charge in [-0.05, 0) is 82.8 Å². The van der Waals surface area contributed by atoms with Crippen LogP contribution in [0.3, 0.4) is 0 Å². The van der Waals surface area contributed by atoms with Crippen LogP contribution >= 0.6 is 0 Å². The van der Waals surface area contributed by atoms with Crippen molar-refractivity contribution in [3.05, 3.63) is 181 Å². The van der Waals surface area contributed by atoms with Gasteiger partial charge in [0.2, 0.25) is 0 Å². The summed E-state index contributed by atoms with van der Waals surface area (Å²) in [5.74, 6) is 1.30. The SMILES string of the molecule is C1=CC(c2ccc(N(c3ccc(-c4ccccc4)cc3)c3ccc(-c4ccccc4)cc3)cc2)Cc2c1oc1ccccc21. The lowest BCUT2D eigenvalue weighted by Crippen LogP contribution is -2.10. The minimum Gasteiger partial charge on any atom is -0.456 e. The molecular weight excluding hydrogens is 534 g/mol. The Bertz CT molecular complexity index is 1970. The van der Waals surface area contributed by atoms with Gasteiger partial charge in [0.05, 0.1) is 0 Å². The van der Waals surface area contributed by atoms with Crippen molar-refractivity contribution in [3.63, 3.8) is 0 Å². The van der Waals surface area contributed by atoms with E-state index in [1.807, 2.05) is 6.07 Å². The minimum atomic E-state index is 0.307. The molecule has 0 aliphatic heterocycles. The monoisotopic (exact) mass is 565 g/mol. The minimum absolute atomic E-state index is 0.307. The molecule has 0 saturated carbocycles. The van der Waals surface area contributed by atoms with Gasteiger partial charge in [0.1, 0.15) is 11.3 Å². The van der Waals surface area contributed by atoms with Crippen LogP contribution in [-0.2, 0) is 6.42 Å². The zero-order valence-electron chi connectivity index (χ0n) is 24.3. The summed E-state index contributed by atoms with van der Waals surface area (Å²) in [4.78, 5) is 2.34. The number of furan rings is 1. The fourth-order valence-electron chi connectivity index (χ4n) is 6.37. The summed E-state index contributed by atoms with van der Waals surface area (Å²) in [6, 6.07) is 56.2. The van der Waals surface area contributed by atoms with Crippen molar-refractivity contribution in [2.45, 2.75) is 12.3 Å². The lowest BCUT2D eigenvalue weighted by atomic mass is 9.87. The third-order valence-corrected chi connectivity index (χ3v) is 8.68. The summed E-state index contributed by atoms with van der Waals surface area (Å²) in [5, 5.41) is 1.22. The Balaban J connectivity index is 1.13. The lowest BCUT2D eigenvalue weighted by molar-refractivity contribution is 0.591. The third-order valence-electron chi connectivity index (χ3n) is 8.68. The molecule has 0 amide bonds. The Morgan fingerprint density at radius 1 is 0.477 bits per heavy atom. The summed E-state index contributed by atoms with van der Waals surface area (Å²) >= 11 is 0. The molecule has 0 saturated heterocycles. The molecule has 0 fully saturated rings. The van der Waals surface area contributed by atoms with Crippen LogP contribution < -0.4 is 4.90 Å². The molecule has 44 heavy (non-hydrogen) atoms. The maximum Gasteiger partial charge on any atom is 0.135 e. The van der Waals surface area contributed by atoms with Gasteiger partial charge < -0.3 is 9.32 Å². The number of hydrogen-bond acceptors (Lipinski definition) is 2. The van der Waals surface area contributed by atoms with E-state index in [4.69, 9.17) is 4.42 Å². The predicted molar refractivity (Wildman–Crippen MR) is 184 cm³/mol. The number of para-hydroxylation sites is 1. The van der Waals surface area contributed by atoms with Crippen LogP contribution in [0.1, 0.15) is 22.8 Å². The van der Waals surface area contributed by atoms with Crippen molar-refractivity contribution in [2.75, 3.05) is 4.90 Å². The number of benzene rings is 6. The standard InChI is InChI=1S/C42H31NO/c1-3-9-30(10-4-1)32-15-22-36(23-16-32)43(37-24-17-33(18-25-37)31-11-5-2-6-12-31)38-26-19-34(20-27-38)35-21-28-42-40(29-35)39-13-7-8-14-41(39)44-42/h1-28,35H,29H2. The Morgan fingerprint density at radius 2 is 0.955 bits per heavy atom. The Hall–Kier alpha value is -5.60. The Kier molecular flexibility index (Phi) is 6.66. The molecule has 210 valence electrons. The average Bonchev–Trinajstić information content (AvgIpc) is 3.48. The maximum atomic E-state index is 6.10. The van der Waals surface area contributed by atoms with Crippen LogP contribution in [0.25, 0.3) is 39.3 Å². The summed E-state index contributed by atoms with van der Waals surface area (Å²) in [7, 11) is 0. The topological polar surface area (TPSA) is 16.4 Å². The first-order valence-corrected chi connectivity index (χ1v) is 15.2. The molecule has 1 unspecified atom stereocenters.